The van der Waals surface area contributed by atoms with Gasteiger partial charge in [0.25, 0.3) is 5.91 Å². The molecule has 4 aromatic rings. The van der Waals surface area contributed by atoms with E-state index in [1.54, 1.807) is 42.4 Å². The molecule has 1 unspecified atom stereocenters. The number of hydrogen-bond donors (Lipinski definition) is 0. The second-order valence-electron chi connectivity index (χ2n) is 8.40. The van der Waals surface area contributed by atoms with Gasteiger partial charge in [-0.1, -0.05) is 30.4 Å². The quantitative estimate of drug-likeness (QED) is 0.334. The fraction of sp³-hybridized carbons (Fsp3) is 0.222. The van der Waals surface area contributed by atoms with Crippen LogP contribution in [-0.4, -0.2) is 24.6 Å². The second-order valence-corrected chi connectivity index (χ2v) is 9.58. The Balaban J connectivity index is 1.77. The lowest BCUT2D eigenvalue weighted by atomic mass is 9.98. The summed E-state index contributed by atoms with van der Waals surface area (Å²) in [6.45, 7) is 9.76. The first-order chi connectivity index (χ1) is 16.8. The zero-order valence-electron chi connectivity index (χ0n) is 19.9. The van der Waals surface area contributed by atoms with Gasteiger partial charge in [-0.15, -0.1) is 11.3 Å². The van der Waals surface area contributed by atoms with Crippen LogP contribution in [0.3, 0.4) is 0 Å². The van der Waals surface area contributed by atoms with Crippen LogP contribution in [0.1, 0.15) is 43.9 Å². The average molecular weight is 489 g/mol. The Labute approximate surface area is 206 Å². The van der Waals surface area contributed by atoms with Crippen molar-refractivity contribution in [1.82, 2.24) is 4.98 Å². The summed E-state index contributed by atoms with van der Waals surface area (Å²) < 4.78 is 17.3. The summed E-state index contributed by atoms with van der Waals surface area (Å²) in [7, 11) is 1.55. The van der Waals surface area contributed by atoms with Gasteiger partial charge in [0.2, 0.25) is 5.76 Å². The summed E-state index contributed by atoms with van der Waals surface area (Å²) in [5.74, 6) is 0.657. The lowest BCUT2D eigenvalue weighted by Crippen LogP contribution is -2.29. The lowest BCUT2D eigenvalue weighted by Gasteiger charge is -2.23. The number of hydrogen-bond acceptors (Lipinski definition) is 7. The highest BCUT2D eigenvalue weighted by molar-refractivity contribution is 7.15. The fourth-order valence-corrected chi connectivity index (χ4v) is 5.22. The van der Waals surface area contributed by atoms with Crippen molar-refractivity contribution in [3.8, 4) is 11.5 Å². The number of carbonyl (C=O) groups is 1. The molecule has 2 aromatic heterocycles. The van der Waals surface area contributed by atoms with Gasteiger partial charge in [0.05, 0.1) is 29.8 Å². The Bertz CT molecular complexity index is 1530. The van der Waals surface area contributed by atoms with Crippen LogP contribution in [0.25, 0.3) is 11.0 Å². The Morgan fingerprint density at radius 3 is 2.63 bits per heavy atom. The Hall–Kier alpha value is -3.91. The molecule has 0 N–H and O–H groups in total. The molecular formula is C27H24N2O5S. The van der Waals surface area contributed by atoms with Crippen LogP contribution in [-0.2, 0) is 0 Å². The Morgan fingerprint density at radius 1 is 1.14 bits per heavy atom. The number of thiazole rings is 1. The van der Waals surface area contributed by atoms with E-state index >= 15 is 0 Å². The molecule has 1 amide bonds. The number of amides is 1. The van der Waals surface area contributed by atoms with Gasteiger partial charge in [-0.3, -0.25) is 14.5 Å². The molecule has 0 saturated heterocycles. The van der Waals surface area contributed by atoms with Crippen molar-refractivity contribution < 1.29 is 18.7 Å². The van der Waals surface area contributed by atoms with Crippen LogP contribution >= 0.6 is 11.3 Å². The van der Waals surface area contributed by atoms with Crippen molar-refractivity contribution in [2.24, 2.45) is 0 Å². The van der Waals surface area contributed by atoms with Crippen molar-refractivity contribution in [2.75, 3.05) is 18.6 Å². The summed E-state index contributed by atoms with van der Waals surface area (Å²) in [4.78, 5) is 34.7. The standard InChI is InChI=1S/C27H24N2O5S/c1-6-11-33-20-10-8-17(13-21(20)32-5)23-22-24(30)18-12-14(2)7-9-19(18)34-25(22)26(31)29(23)27-28-15(3)16(4)35-27/h6-10,12-13,23H,1,11H2,2-5H3. The highest BCUT2D eigenvalue weighted by Gasteiger charge is 2.45. The number of nitrogens with zero attached hydrogens (tertiary/aromatic N) is 2. The smallest absolute Gasteiger partial charge is 0.297 e. The molecule has 2 aromatic carbocycles. The molecule has 1 atom stereocenters. The van der Waals surface area contributed by atoms with Crippen LogP contribution in [0.4, 0.5) is 5.13 Å². The number of carbonyl (C=O) groups excluding carboxylic acids is 1. The van der Waals surface area contributed by atoms with E-state index in [1.165, 1.54) is 11.3 Å². The third kappa shape index (κ3) is 3.70. The molecule has 35 heavy (non-hydrogen) atoms. The van der Waals surface area contributed by atoms with Crippen molar-refractivity contribution >= 4 is 33.3 Å². The zero-order chi connectivity index (χ0) is 24.9. The molecule has 0 spiro atoms. The second kappa shape index (κ2) is 8.70. The van der Waals surface area contributed by atoms with Crippen LogP contribution in [0.5, 0.6) is 11.5 Å². The maximum atomic E-state index is 13.8. The molecule has 8 heteroatoms. The van der Waals surface area contributed by atoms with Gasteiger partial charge in [0.1, 0.15) is 12.2 Å². The van der Waals surface area contributed by atoms with Crippen molar-refractivity contribution in [2.45, 2.75) is 26.8 Å². The molecule has 3 heterocycles. The van der Waals surface area contributed by atoms with Crippen LogP contribution in [0, 0.1) is 20.8 Å². The first kappa shape index (κ1) is 22.9. The Morgan fingerprint density at radius 2 is 1.94 bits per heavy atom. The molecule has 0 aliphatic carbocycles. The largest absolute Gasteiger partial charge is 0.493 e. The normalized spacial score (nSPS) is 14.9. The summed E-state index contributed by atoms with van der Waals surface area (Å²) in [6.07, 6.45) is 1.65. The van der Waals surface area contributed by atoms with E-state index < -0.39 is 11.9 Å². The lowest BCUT2D eigenvalue weighted by molar-refractivity contribution is 0.0971. The maximum absolute atomic E-state index is 13.8. The maximum Gasteiger partial charge on any atom is 0.297 e. The monoisotopic (exact) mass is 488 g/mol. The van der Waals surface area contributed by atoms with Crippen LogP contribution in [0.2, 0.25) is 0 Å². The van der Waals surface area contributed by atoms with Gasteiger partial charge in [0.15, 0.2) is 22.1 Å². The predicted molar refractivity (Wildman–Crippen MR) is 136 cm³/mol. The highest BCUT2D eigenvalue weighted by atomic mass is 32.1. The number of benzene rings is 2. The first-order valence-electron chi connectivity index (χ1n) is 11.1. The fourth-order valence-electron chi connectivity index (χ4n) is 4.28. The average Bonchev–Trinajstić information content (AvgIpc) is 3.33. The van der Waals surface area contributed by atoms with Gasteiger partial charge in [-0.05, 0) is 50.6 Å². The Kier molecular flexibility index (Phi) is 5.68. The van der Waals surface area contributed by atoms with Crippen LogP contribution < -0.4 is 19.8 Å². The first-order valence-corrected chi connectivity index (χ1v) is 11.9. The minimum absolute atomic E-state index is 0.0350. The van der Waals surface area contributed by atoms with Crippen LogP contribution in [0.15, 0.2) is 58.3 Å². The van der Waals surface area contributed by atoms with E-state index in [0.717, 1.165) is 16.1 Å². The van der Waals surface area contributed by atoms with E-state index in [0.29, 0.717) is 45.3 Å². The minimum Gasteiger partial charge on any atom is -0.493 e. The number of methoxy groups -OCH3 is 1. The molecule has 1 aliphatic heterocycles. The molecule has 7 nitrogen and oxygen atoms in total. The zero-order valence-corrected chi connectivity index (χ0v) is 20.7. The molecule has 0 bridgehead atoms. The predicted octanol–water partition coefficient (Wildman–Crippen LogP) is 5.50. The van der Waals surface area contributed by atoms with Crippen molar-refractivity contribution in [1.29, 1.82) is 0 Å². The molecule has 1 aliphatic rings. The van der Waals surface area contributed by atoms with Gasteiger partial charge in [0, 0.05) is 4.88 Å². The number of ether oxygens (including phenoxy) is 2. The van der Waals surface area contributed by atoms with Crippen molar-refractivity contribution in [3.05, 3.63) is 92.3 Å². The van der Waals surface area contributed by atoms with E-state index in [2.05, 4.69) is 11.6 Å². The third-order valence-electron chi connectivity index (χ3n) is 6.11. The SMILES string of the molecule is C=CCOc1ccc(C2c3c(oc4ccc(C)cc4c3=O)C(=O)N2c2nc(C)c(C)s2)cc1OC. The van der Waals surface area contributed by atoms with Gasteiger partial charge in [-0.25, -0.2) is 4.98 Å². The summed E-state index contributed by atoms with van der Waals surface area (Å²) in [6, 6.07) is 10.0. The van der Waals surface area contributed by atoms with Gasteiger partial charge in [-0.2, -0.15) is 0 Å². The topological polar surface area (TPSA) is 81.9 Å². The summed E-state index contributed by atoms with van der Waals surface area (Å²) >= 11 is 1.40. The summed E-state index contributed by atoms with van der Waals surface area (Å²) in [5, 5.41) is 0.944. The molecule has 5 rings (SSSR count). The number of rotatable bonds is 6. The third-order valence-corrected chi connectivity index (χ3v) is 7.18. The van der Waals surface area contributed by atoms with E-state index in [1.807, 2.05) is 32.9 Å². The van der Waals surface area contributed by atoms with Gasteiger partial charge >= 0.3 is 0 Å². The van der Waals surface area contributed by atoms with E-state index in [-0.39, 0.29) is 11.2 Å². The number of aryl methyl sites for hydroxylation is 3. The van der Waals surface area contributed by atoms with Gasteiger partial charge < -0.3 is 13.9 Å². The number of aromatic nitrogens is 1. The highest BCUT2D eigenvalue weighted by Crippen LogP contribution is 2.44. The van der Waals surface area contributed by atoms with E-state index in [4.69, 9.17) is 13.9 Å². The molecule has 0 fully saturated rings. The minimum atomic E-state index is -0.731. The molecule has 0 saturated carbocycles. The van der Waals surface area contributed by atoms with E-state index in [9.17, 15) is 9.59 Å². The van der Waals surface area contributed by atoms with Crippen molar-refractivity contribution in [3.63, 3.8) is 0 Å². The number of anilines is 1. The molecular weight excluding hydrogens is 464 g/mol. The molecule has 0 radical (unpaired) electrons. The molecule has 178 valence electrons. The summed E-state index contributed by atoms with van der Waals surface area (Å²) in [5.41, 5.74) is 2.88. The number of fused-ring (bicyclic) bond motifs is 2.